The number of rotatable bonds is 5. The summed E-state index contributed by atoms with van der Waals surface area (Å²) in [5.41, 5.74) is 2.18. The zero-order valence-corrected chi connectivity index (χ0v) is 11.2. The van der Waals surface area contributed by atoms with E-state index < -0.39 is 0 Å². The van der Waals surface area contributed by atoms with Gasteiger partial charge in [-0.1, -0.05) is 6.92 Å². The number of nitriles is 1. The van der Waals surface area contributed by atoms with Crippen LogP contribution in [-0.2, 0) is 6.54 Å². The summed E-state index contributed by atoms with van der Waals surface area (Å²) < 4.78 is 1.71. The number of aromatic nitrogens is 3. The van der Waals surface area contributed by atoms with E-state index in [-0.39, 0.29) is 0 Å². The summed E-state index contributed by atoms with van der Waals surface area (Å²) in [6, 6.07) is 4.15. The third-order valence-electron chi connectivity index (χ3n) is 2.83. The van der Waals surface area contributed by atoms with E-state index in [9.17, 15) is 0 Å². The van der Waals surface area contributed by atoms with Gasteiger partial charge in [-0.3, -0.25) is 4.57 Å². The number of pyridine rings is 1. The molecule has 0 saturated carbocycles. The zero-order valence-electron chi connectivity index (χ0n) is 11.2. The Morgan fingerprint density at radius 3 is 2.95 bits per heavy atom. The molecule has 0 bridgehead atoms. The molecule has 0 radical (unpaired) electrons. The number of hydrogen-bond donors (Lipinski definition) is 1. The van der Waals surface area contributed by atoms with Gasteiger partial charge in [0.05, 0.1) is 0 Å². The van der Waals surface area contributed by atoms with Gasteiger partial charge in [0, 0.05) is 25.1 Å². The number of hydrogen-bond acceptors (Lipinski definition) is 4. The Morgan fingerprint density at radius 2 is 2.26 bits per heavy atom. The van der Waals surface area contributed by atoms with Gasteiger partial charge in [0.1, 0.15) is 11.9 Å². The van der Waals surface area contributed by atoms with Crippen LogP contribution in [0.25, 0.3) is 5.82 Å². The van der Waals surface area contributed by atoms with Crippen LogP contribution in [0, 0.1) is 18.3 Å². The molecule has 1 N–H and O–H groups in total. The smallest absolute Gasteiger partial charge is 0.218 e. The molecular weight excluding hydrogens is 238 g/mol. The van der Waals surface area contributed by atoms with E-state index in [0.717, 1.165) is 36.5 Å². The van der Waals surface area contributed by atoms with Crippen molar-refractivity contribution in [1.82, 2.24) is 19.9 Å². The number of aryl methyl sites for hydroxylation is 1. The summed E-state index contributed by atoms with van der Waals surface area (Å²) in [5, 5.41) is 12.3. The van der Waals surface area contributed by atoms with Crippen LogP contribution in [0.3, 0.4) is 0 Å². The topological polar surface area (TPSA) is 66.5 Å². The quantitative estimate of drug-likeness (QED) is 0.829. The average molecular weight is 255 g/mol. The maximum absolute atomic E-state index is 8.99. The van der Waals surface area contributed by atoms with Crippen LogP contribution in [0.15, 0.2) is 24.7 Å². The van der Waals surface area contributed by atoms with E-state index in [2.05, 4.69) is 34.3 Å². The lowest BCUT2D eigenvalue weighted by molar-refractivity contribution is 0.673. The van der Waals surface area contributed by atoms with Crippen molar-refractivity contribution in [3.05, 3.63) is 41.6 Å². The fraction of sp³-hybridized carbons (Fsp3) is 0.357. The van der Waals surface area contributed by atoms with E-state index in [1.54, 1.807) is 17.0 Å². The van der Waals surface area contributed by atoms with Crippen molar-refractivity contribution in [1.29, 1.82) is 5.26 Å². The molecule has 0 aromatic carbocycles. The van der Waals surface area contributed by atoms with Crippen molar-refractivity contribution in [2.75, 3.05) is 6.54 Å². The van der Waals surface area contributed by atoms with Crippen LogP contribution >= 0.6 is 0 Å². The second-order valence-corrected chi connectivity index (χ2v) is 4.39. The molecular formula is C14H17N5. The molecule has 5 heteroatoms. The second-order valence-electron chi connectivity index (χ2n) is 4.39. The van der Waals surface area contributed by atoms with E-state index in [1.807, 2.05) is 13.1 Å². The van der Waals surface area contributed by atoms with Crippen molar-refractivity contribution >= 4 is 0 Å². The van der Waals surface area contributed by atoms with Crippen molar-refractivity contribution in [3.63, 3.8) is 0 Å². The minimum absolute atomic E-state index is 0.354. The molecule has 0 aliphatic rings. The van der Waals surface area contributed by atoms with Gasteiger partial charge in [-0.2, -0.15) is 5.26 Å². The fourth-order valence-corrected chi connectivity index (χ4v) is 1.94. The van der Waals surface area contributed by atoms with Crippen LogP contribution in [0.4, 0.5) is 0 Å². The molecule has 0 aliphatic heterocycles. The Kier molecular flexibility index (Phi) is 4.26. The maximum atomic E-state index is 8.99. The van der Waals surface area contributed by atoms with Gasteiger partial charge in [-0.15, -0.1) is 0 Å². The summed E-state index contributed by atoms with van der Waals surface area (Å²) in [4.78, 5) is 8.42. The van der Waals surface area contributed by atoms with E-state index in [1.165, 1.54) is 0 Å². The molecule has 0 unspecified atom stereocenters. The first-order valence-corrected chi connectivity index (χ1v) is 6.36. The van der Waals surface area contributed by atoms with Gasteiger partial charge < -0.3 is 5.32 Å². The Bertz CT molecular complexity index is 594. The highest BCUT2D eigenvalue weighted by Crippen LogP contribution is 2.14. The standard InChI is InChI=1S/C14H17N5/c1-3-4-16-9-12-7-11(2)14(18-10-12)19-6-5-17-13(19)8-15/h5-7,10,16H,3-4,9H2,1-2H3. The van der Waals surface area contributed by atoms with Crippen molar-refractivity contribution < 1.29 is 0 Å². The Balaban J connectivity index is 2.23. The van der Waals surface area contributed by atoms with Gasteiger partial charge in [0.15, 0.2) is 0 Å². The van der Waals surface area contributed by atoms with Gasteiger partial charge in [-0.25, -0.2) is 9.97 Å². The highest BCUT2D eigenvalue weighted by atomic mass is 15.1. The summed E-state index contributed by atoms with van der Waals surface area (Å²) in [6.45, 7) is 5.95. The first-order chi connectivity index (χ1) is 9.26. The van der Waals surface area contributed by atoms with E-state index in [4.69, 9.17) is 5.26 Å². The summed E-state index contributed by atoms with van der Waals surface area (Å²) in [5.74, 6) is 1.11. The van der Waals surface area contributed by atoms with Crippen LogP contribution in [-0.4, -0.2) is 21.1 Å². The van der Waals surface area contributed by atoms with E-state index >= 15 is 0 Å². The molecule has 0 saturated heterocycles. The molecule has 2 aromatic rings. The third-order valence-corrected chi connectivity index (χ3v) is 2.83. The second kappa shape index (κ2) is 6.12. The predicted molar refractivity (Wildman–Crippen MR) is 72.8 cm³/mol. The summed E-state index contributed by atoms with van der Waals surface area (Å²) in [7, 11) is 0. The molecule has 2 heterocycles. The number of nitrogens with zero attached hydrogens (tertiary/aromatic N) is 4. The molecule has 2 aromatic heterocycles. The van der Waals surface area contributed by atoms with Crippen molar-refractivity contribution in [3.8, 4) is 11.9 Å². The Hall–Kier alpha value is -2.19. The lowest BCUT2D eigenvalue weighted by Gasteiger charge is -2.09. The average Bonchev–Trinajstić information content (AvgIpc) is 2.87. The highest BCUT2D eigenvalue weighted by Gasteiger charge is 2.08. The molecule has 0 amide bonds. The van der Waals surface area contributed by atoms with Crippen LogP contribution in [0.2, 0.25) is 0 Å². The molecule has 2 rings (SSSR count). The lowest BCUT2D eigenvalue weighted by Crippen LogP contribution is -2.14. The van der Waals surface area contributed by atoms with Gasteiger partial charge in [0.2, 0.25) is 5.82 Å². The van der Waals surface area contributed by atoms with E-state index in [0.29, 0.717) is 5.82 Å². The largest absolute Gasteiger partial charge is 0.313 e. The van der Waals surface area contributed by atoms with Crippen molar-refractivity contribution in [2.24, 2.45) is 0 Å². The first kappa shape index (κ1) is 13.2. The van der Waals surface area contributed by atoms with Gasteiger partial charge >= 0.3 is 0 Å². The Labute approximate surface area is 112 Å². The maximum Gasteiger partial charge on any atom is 0.218 e. The van der Waals surface area contributed by atoms with Crippen molar-refractivity contribution in [2.45, 2.75) is 26.8 Å². The van der Waals surface area contributed by atoms with Crippen LogP contribution in [0.5, 0.6) is 0 Å². The van der Waals surface area contributed by atoms with Gasteiger partial charge in [-0.05, 0) is 37.1 Å². The first-order valence-electron chi connectivity index (χ1n) is 6.36. The molecule has 19 heavy (non-hydrogen) atoms. The monoisotopic (exact) mass is 255 g/mol. The van der Waals surface area contributed by atoms with Crippen LogP contribution < -0.4 is 5.32 Å². The molecule has 98 valence electrons. The lowest BCUT2D eigenvalue weighted by atomic mass is 10.2. The molecule has 0 atom stereocenters. The Morgan fingerprint density at radius 1 is 1.42 bits per heavy atom. The van der Waals surface area contributed by atoms with Gasteiger partial charge in [0.25, 0.3) is 0 Å². The normalized spacial score (nSPS) is 10.4. The molecule has 0 spiro atoms. The SMILES string of the molecule is CCCNCc1cnc(-n2ccnc2C#N)c(C)c1. The predicted octanol–water partition coefficient (Wildman–Crippen LogP) is 1.95. The minimum atomic E-state index is 0.354. The number of imidazole rings is 1. The number of nitrogens with one attached hydrogen (secondary N) is 1. The molecule has 5 nitrogen and oxygen atoms in total. The summed E-state index contributed by atoms with van der Waals surface area (Å²) in [6.07, 6.45) is 6.32. The summed E-state index contributed by atoms with van der Waals surface area (Å²) >= 11 is 0. The molecule has 0 fully saturated rings. The van der Waals surface area contributed by atoms with Crippen LogP contribution in [0.1, 0.15) is 30.3 Å². The molecule has 0 aliphatic carbocycles. The zero-order chi connectivity index (χ0) is 13.7. The third kappa shape index (κ3) is 2.98. The fourth-order valence-electron chi connectivity index (χ4n) is 1.94. The minimum Gasteiger partial charge on any atom is -0.313 e. The highest BCUT2D eigenvalue weighted by molar-refractivity contribution is 5.38.